The lowest BCUT2D eigenvalue weighted by Gasteiger charge is -2.05. The highest BCUT2D eigenvalue weighted by molar-refractivity contribution is 6.30. The molecule has 0 saturated heterocycles. The lowest BCUT2D eigenvalue weighted by Crippen LogP contribution is -2.03. The van der Waals surface area contributed by atoms with Gasteiger partial charge in [-0.1, -0.05) is 35.9 Å². The van der Waals surface area contributed by atoms with Gasteiger partial charge in [0, 0.05) is 17.9 Å². The number of aromatic hydroxyl groups is 1. The van der Waals surface area contributed by atoms with Crippen LogP contribution in [-0.2, 0) is 12.8 Å². The van der Waals surface area contributed by atoms with Crippen molar-refractivity contribution in [3.8, 4) is 5.75 Å². The summed E-state index contributed by atoms with van der Waals surface area (Å²) < 4.78 is 1.88. The van der Waals surface area contributed by atoms with Gasteiger partial charge in [0.25, 0.3) is 0 Å². The van der Waals surface area contributed by atoms with Gasteiger partial charge < -0.3 is 5.11 Å². The van der Waals surface area contributed by atoms with E-state index in [1.54, 1.807) is 12.1 Å². The van der Waals surface area contributed by atoms with E-state index in [0.717, 1.165) is 33.2 Å². The Morgan fingerprint density at radius 2 is 1.76 bits per heavy atom. The Bertz CT molecular complexity index is 1020. The Morgan fingerprint density at radius 3 is 2.56 bits per heavy atom. The third kappa shape index (κ3) is 3.49. The maximum absolute atomic E-state index is 9.41. The predicted octanol–water partition coefficient (Wildman–Crippen LogP) is 4.27. The molecule has 0 atom stereocenters. The highest BCUT2D eigenvalue weighted by Crippen LogP contribution is 2.17. The number of aromatic nitrogens is 3. The van der Waals surface area contributed by atoms with Crippen molar-refractivity contribution in [3.05, 3.63) is 94.4 Å². The van der Waals surface area contributed by atoms with Crippen LogP contribution in [0.4, 0.5) is 0 Å². The molecule has 2 aromatic carbocycles. The van der Waals surface area contributed by atoms with Crippen LogP contribution in [0.1, 0.15) is 22.5 Å². The first-order valence-electron chi connectivity index (χ1n) is 8.02. The van der Waals surface area contributed by atoms with E-state index in [1.807, 2.05) is 59.2 Å². The number of hydrogen-bond donors (Lipinski definition) is 1. The predicted molar refractivity (Wildman–Crippen MR) is 98.2 cm³/mol. The Labute approximate surface area is 150 Å². The molecule has 4 rings (SSSR count). The number of benzene rings is 2. The molecular weight excluding hydrogens is 334 g/mol. The van der Waals surface area contributed by atoms with Gasteiger partial charge in [-0.05, 0) is 47.5 Å². The fourth-order valence-corrected chi connectivity index (χ4v) is 3.07. The lowest BCUT2D eigenvalue weighted by atomic mass is 10.1. The summed E-state index contributed by atoms with van der Waals surface area (Å²) in [5.74, 6) is 0.267. The minimum absolute atomic E-state index is 0.267. The first-order chi connectivity index (χ1) is 12.2. The first kappa shape index (κ1) is 15.7. The van der Waals surface area contributed by atoms with Crippen LogP contribution < -0.4 is 0 Å². The number of phenolic OH excluding ortho intramolecular Hbond substituents is 1. The molecule has 0 saturated carbocycles. The number of phenols is 1. The quantitative estimate of drug-likeness (QED) is 0.598. The van der Waals surface area contributed by atoms with Crippen LogP contribution in [0.5, 0.6) is 5.75 Å². The van der Waals surface area contributed by atoms with Crippen LogP contribution in [0.3, 0.4) is 0 Å². The molecule has 5 heteroatoms. The van der Waals surface area contributed by atoms with Crippen molar-refractivity contribution in [1.82, 2.24) is 14.6 Å². The number of halogens is 1. The van der Waals surface area contributed by atoms with Crippen LogP contribution in [-0.4, -0.2) is 19.7 Å². The van der Waals surface area contributed by atoms with Gasteiger partial charge in [-0.15, -0.1) is 0 Å². The molecule has 4 nitrogen and oxygen atoms in total. The van der Waals surface area contributed by atoms with Crippen LogP contribution >= 0.6 is 11.6 Å². The van der Waals surface area contributed by atoms with E-state index >= 15 is 0 Å². The molecule has 1 N–H and O–H groups in total. The van der Waals surface area contributed by atoms with Crippen LogP contribution in [0.2, 0.25) is 5.02 Å². The highest BCUT2D eigenvalue weighted by Gasteiger charge is 2.08. The molecule has 0 aliphatic carbocycles. The molecule has 0 aliphatic heterocycles. The molecule has 0 unspecified atom stereocenters. The average molecular weight is 350 g/mol. The SMILES string of the molecule is Oc1ccc(Cc2cnc3ccc(Cc4cccc(Cl)c4)nn23)cc1. The molecule has 124 valence electrons. The molecule has 0 amide bonds. The minimum Gasteiger partial charge on any atom is -0.508 e. The second-order valence-corrected chi connectivity index (χ2v) is 6.43. The van der Waals surface area contributed by atoms with Gasteiger partial charge in [0.05, 0.1) is 17.6 Å². The molecule has 0 radical (unpaired) electrons. The Morgan fingerprint density at radius 1 is 0.920 bits per heavy atom. The minimum atomic E-state index is 0.267. The maximum Gasteiger partial charge on any atom is 0.153 e. The normalized spacial score (nSPS) is 11.1. The van der Waals surface area contributed by atoms with Gasteiger partial charge in [0.1, 0.15) is 5.75 Å². The number of fused-ring (bicyclic) bond motifs is 1. The Kier molecular flexibility index (Phi) is 4.12. The Hall–Kier alpha value is -2.85. The van der Waals surface area contributed by atoms with Gasteiger partial charge in [-0.2, -0.15) is 5.10 Å². The van der Waals surface area contributed by atoms with E-state index in [9.17, 15) is 5.11 Å². The summed E-state index contributed by atoms with van der Waals surface area (Å²) in [7, 11) is 0. The molecule has 25 heavy (non-hydrogen) atoms. The van der Waals surface area contributed by atoms with Gasteiger partial charge in [0.2, 0.25) is 0 Å². The summed E-state index contributed by atoms with van der Waals surface area (Å²) in [6.45, 7) is 0. The lowest BCUT2D eigenvalue weighted by molar-refractivity contribution is 0.475. The van der Waals surface area contributed by atoms with Crippen molar-refractivity contribution in [2.75, 3.05) is 0 Å². The summed E-state index contributed by atoms with van der Waals surface area (Å²) >= 11 is 6.06. The monoisotopic (exact) mass is 349 g/mol. The van der Waals surface area contributed by atoms with Crippen molar-refractivity contribution < 1.29 is 5.11 Å². The second-order valence-electron chi connectivity index (χ2n) is 5.99. The van der Waals surface area contributed by atoms with E-state index in [1.165, 1.54) is 0 Å². The third-order valence-electron chi connectivity index (χ3n) is 4.08. The molecule has 2 aromatic heterocycles. The fraction of sp³-hybridized carbons (Fsp3) is 0.100. The Balaban J connectivity index is 1.64. The second kappa shape index (κ2) is 6.57. The molecule has 2 heterocycles. The van der Waals surface area contributed by atoms with Crippen molar-refractivity contribution in [3.63, 3.8) is 0 Å². The number of hydrogen-bond acceptors (Lipinski definition) is 3. The van der Waals surface area contributed by atoms with E-state index in [4.69, 9.17) is 16.7 Å². The zero-order valence-corrected chi connectivity index (χ0v) is 14.2. The first-order valence-corrected chi connectivity index (χ1v) is 8.40. The van der Waals surface area contributed by atoms with Gasteiger partial charge in [-0.3, -0.25) is 0 Å². The number of nitrogens with zero attached hydrogens (tertiary/aromatic N) is 3. The van der Waals surface area contributed by atoms with E-state index in [2.05, 4.69) is 4.98 Å². The van der Waals surface area contributed by atoms with E-state index in [0.29, 0.717) is 12.8 Å². The van der Waals surface area contributed by atoms with Crippen LogP contribution in [0.25, 0.3) is 5.65 Å². The smallest absolute Gasteiger partial charge is 0.153 e. The van der Waals surface area contributed by atoms with Crippen molar-refractivity contribution in [2.45, 2.75) is 12.8 Å². The average Bonchev–Trinajstić information content (AvgIpc) is 2.99. The van der Waals surface area contributed by atoms with Gasteiger partial charge in [-0.25, -0.2) is 9.50 Å². The third-order valence-corrected chi connectivity index (χ3v) is 4.32. The van der Waals surface area contributed by atoms with Gasteiger partial charge in [0.15, 0.2) is 5.65 Å². The summed E-state index contributed by atoms with van der Waals surface area (Å²) in [5, 5.41) is 14.9. The van der Waals surface area contributed by atoms with Gasteiger partial charge >= 0.3 is 0 Å². The zero-order valence-electron chi connectivity index (χ0n) is 13.4. The van der Waals surface area contributed by atoms with Crippen molar-refractivity contribution >= 4 is 17.2 Å². The topological polar surface area (TPSA) is 50.4 Å². The molecular formula is C20H16ClN3O. The van der Waals surface area contributed by atoms with Crippen molar-refractivity contribution in [1.29, 1.82) is 0 Å². The molecule has 4 aromatic rings. The van der Waals surface area contributed by atoms with Crippen molar-refractivity contribution in [2.24, 2.45) is 0 Å². The van der Waals surface area contributed by atoms with E-state index < -0.39 is 0 Å². The molecule has 0 bridgehead atoms. The van der Waals surface area contributed by atoms with Crippen LogP contribution in [0.15, 0.2) is 66.9 Å². The zero-order chi connectivity index (χ0) is 17.2. The summed E-state index contributed by atoms with van der Waals surface area (Å²) in [5.41, 5.74) is 5.01. The highest BCUT2D eigenvalue weighted by atomic mass is 35.5. The summed E-state index contributed by atoms with van der Waals surface area (Å²) in [6, 6.07) is 19.0. The molecule has 0 spiro atoms. The molecule has 0 fully saturated rings. The fourth-order valence-electron chi connectivity index (χ4n) is 2.85. The van der Waals surface area contributed by atoms with E-state index in [-0.39, 0.29) is 5.75 Å². The summed E-state index contributed by atoms with van der Waals surface area (Å²) in [4.78, 5) is 4.42. The maximum atomic E-state index is 9.41. The van der Waals surface area contributed by atoms with Crippen LogP contribution in [0, 0.1) is 0 Å². The summed E-state index contributed by atoms with van der Waals surface area (Å²) in [6.07, 6.45) is 3.26. The standard InChI is InChI=1S/C20H16ClN3O/c21-16-3-1-2-15(10-16)11-17-6-9-20-22-13-18(24(20)23-17)12-14-4-7-19(25)8-5-14/h1-10,13,25H,11-12H2. The number of imidazole rings is 1. The number of rotatable bonds is 4. The molecule has 0 aliphatic rings. The largest absolute Gasteiger partial charge is 0.508 e.